The minimum absolute atomic E-state index is 0.105. The molecule has 0 bridgehead atoms. The predicted molar refractivity (Wildman–Crippen MR) is 150 cm³/mol. The van der Waals surface area contributed by atoms with E-state index in [9.17, 15) is 14.4 Å². The number of esters is 1. The summed E-state index contributed by atoms with van der Waals surface area (Å²) >= 11 is 0. The Morgan fingerprint density at radius 2 is 1.59 bits per heavy atom. The summed E-state index contributed by atoms with van der Waals surface area (Å²) in [6, 6.07) is 21.9. The van der Waals surface area contributed by atoms with Gasteiger partial charge in [0.05, 0.1) is 6.61 Å². The highest BCUT2D eigenvalue weighted by atomic mass is 28.4. The van der Waals surface area contributed by atoms with Gasteiger partial charge in [-0.2, -0.15) is 4.98 Å². The summed E-state index contributed by atoms with van der Waals surface area (Å²) in [6.45, 7) is 9.25. The molecule has 39 heavy (non-hydrogen) atoms. The van der Waals surface area contributed by atoms with Gasteiger partial charge in [0.25, 0.3) is 8.32 Å². The van der Waals surface area contributed by atoms with E-state index in [2.05, 4.69) is 55.3 Å². The Bertz CT molecular complexity index is 1380. The molecule has 0 saturated carbocycles. The highest BCUT2D eigenvalue weighted by Crippen LogP contribution is 2.38. The van der Waals surface area contributed by atoms with Crippen LogP contribution in [0.25, 0.3) is 0 Å². The Morgan fingerprint density at radius 1 is 1.00 bits per heavy atom. The number of ether oxygens (including phenoxy) is 2. The van der Waals surface area contributed by atoms with E-state index in [1.165, 1.54) is 30.7 Å². The molecular formula is C29H33N3O6Si. The molecule has 0 fully saturated rings. The number of rotatable bonds is 8. The molecule has 1 aliphatic rings. The summed E-state index contributed by atoms with van der Waals surface area (Å²) in [6.07, 6.45) is 1.27. The van der Waals surface area contributed by atoms with Crippen molar-refractivity contribution in [2.45, 2.75) is 52.0 Å². The second-order valence-corrected chi connectivity index (χ2v) is 14.7. The van der Waals surface area contributed by atoms with Crippen molar-refractivity contribution in [2.75, 3.05) is 11.9 Å². The van der Waals surface area contributed by atoms with Crippen LogP contribution in [-0.4, -0.2) is 42.5 Å². The molecule has 2 heterocycles. The van der Waals surface area contributed by atoms with Crippen molar-refractivity contribution in [2.24, 2.45) is 0 Å². The average Bonchev–Trinajstić information content (AvgIpc) is 3.26. The van der Waals surface area contributed by atoms with Gasteiger partial charge in [-0.25, -0.2) is 4.79 Å². The van der Waals surface area contributed by atoms with Crippen LogP contribution in [0, 0.1) is 0 Å². The standard InChI is InChI=1S/C29H33N3O6Si/c1-20(33)30-26-16-17-32(28(35)31-26)27-25(37-21(2)34)18-22(38-27)19-36-39(29(3,4)5,23-12-8-6-9-13-23)24-14-10-7-11-15-24/h6-18,25,27H,19H2,1-5H3,(H,30,31,33,35)/t25-,27-/m1/s1. The molecule has 0 radical (unpaired) electrons. The fourth-order valence-corrected chi connectivity index (χ4v) is 9.42. The lowest BCUT2D eigenvalue weighted by molar-refractivity contribution is -0.150. The summed E-state index contributed by atoms with van der Waals surface area (Å²) in [5.41, 5.74) is -0.661. The van der Waals surface area contributed by atoms with E-state index in [0.717, 1.165) is 10.4 Å². The molecular weight excluding hydrogens is 514 g/mol. The van der Waals surface area contributed by atoms with E-state index in [4.69, 9.17) is 13.9 Å². The fraction of sp³-hybridized carbons (Fsp3) is 0.310. The molecule has 204 valence electrons. The molecule has 0 unspecified atom stereocenters. The first kappa shape index (κ1) is 28.0. The molecule has 9 nitrogen and oxygen atoms in total. The van der Waals surface area contributed by atoms with Crippen LogP contribution in [0.5, 0.6) is 0 Å². The Labute approximate surface area is 228 Å². The maximum Gasteiger partial charge on any atom is 0.352 e. The van der Waals surface area contributed by atoms with Gasteiger partial charge in [-0.1, -0.05) is 81.4 Å². The van der Waals surface area contributed by atoms with Crippen molar-refractivity contribution in [3.8, 4) is 0 Å². The summed E-state index contributed by atoms with van der Waals surface area (Å²) in [5.74, 6) is -0.306. The van der Waals surface area contributed by atoms with Crippen molar-refractivity contribution in [3.05, 3.63) is 95.2 Å². The number of aromatic nitrogens is 2. The molecule has 3 aromatic rings. The number of anilines is 1. The number of carbonyl (C=O) groups is 2. The summed E-state index contributed by atoms with van der Waals surface area (Å²) in [4.78, 5) is 39.9. The van der Waals surface area contributed by atoms with E-state index in [1.54, 1.807) is 6.08 Å². The quantitative estimate of drug-likeness (QED) is 0.341. The van der Waals surface area contributed by atoms with Crippen LogP contribution in [0.4, 0.5) is 5.82 Å². The zero-order chi connectivity index (χ0) is 28.2. The maximum absolute atomic E-state index is 12.8. The SMILES string of the molecule is CC(=O)Nc1ccn([C@@H]2OC(CO[Si](c3ccccc3)(c3ccccc3)C(C)(C)C)=C[C@H]2OC(C)=O)c(=O)n1. The lowest BCUT2D eigenvalue weighted by atomic mass is 10.2. The van der Waals surface area contributed by atoms with E-state index < -0.39 is 32.3 Å². The van der Waals surface area contributed by atoms with Crippen LogP contribution in [0.1, 0.15) is 40.8 Å². The Hall–Kier alpha value is -4.02. The summed E-state index contributed by atoms with van der Waals surface area (Å²) < 4.78 is 19.8. The van der Waals surface area contributed by atoms with Gasteiger partial charge in [0.2, 0.25) is 12.1 Å². The minimum Gasteiger partial charge on any atom is -0.468 e. The third-order valence-corrected chi connectivity index (χ3v) is 11.4. The first-order chi connectivity index (χ1) is 18.5. The normalized spacial score (nSPS) is 17.2. The van der Waals surface area contributed by atoms with Gasteiger partial charge in [0.15, 0.2) is 6.10 Å². The molecule has 10 heteroatoms. The number of benzene rings is 2. The Kier molecular flexibility index (Phi) is 8.17. The number of carbonyl (C=O) groups excluding carboxylic acids is 2. The van der Waals surface area contributed by atoms with Crippen LogP contribution in [0.2, 0.25) is 5.04 Å². The number of hydrogen-bond acceptors (Lipinski definition) is 7. The number of nitrogens with one attached hydrogen (secondary N) is 1. The van der Waals surface area contributed by atoms with Gasteiger partial charge in [-0.05, 0) is 21.5 Å². The van der Waals surface area contributed by atoms with Crippen LogP contribution >= 0.6 is 0 Å². The van der Waals surface area contributed by atoms with Gasteiger partial charge in [0.1, 0.15) is 11.6 Å². The van der Waals surface area contributed by atoms with Gasteiger partial charge < -0.3 is 19.2 Å². The summed E-state index contributed by atoms with van der Waals surface area (Å²) in [7, 11) is -2.86. The lowest BCUT2D eigenvalue weighted by Crippen LogP contribution is -2.66. The molecule has 2 aromatic carbocycles. The topological polar surface area (TPSA) is 109 Å². The van der Waals surface area contributed by atoms with E-state index in [1.807, 2.05) is 36.4 Å². The molecule has 1 amide bonds. The second kappa shape index (κ2) is 11.4. The largest absolute Gasteiger partial charge is 0.468 e. The minimum atomic E-state index is -2.86. The number of hydrogen-bond donors (Lipinski definition) is 1. The van der Waals surface area contributed by atoms with Gasteiger partial charge in [0, 0.05) is 26.1 Å². The molecule has 1 aromatic heterocycles. The van der Waals surface area contributed by atoms with Crippen LogP contribution in [0.3, 0.4) is 0 Å². The molecule has 0 aliphatic carbocycles. The van der Waals surface area contributed by atoms with Crippen LogP contribution in [-0.2, 0) is 23.5 Å². The Balaban J connectivity index is 1.67. The smallest absolute Gasteiger partial charge is 0.352 e. The lowest BCUT2D eigenvalue weighted by Gasteiger charge is -2.43. The maximum atomic E-state index is 12.8. The molecule has 0 spiro atoms. The van der Waals surface area contributed by atoms with Gasteiger partial charge in [-0.3, -0.25) is 14.2 Å². The van der Waals surface area contributed by atoms with Crippen LogP contribution in [0.15, 0.2) is 89.6 Å². The molecule has 1 aliphatic heterocycles. The molecule has 4 rings (SSSR count). The molecule has 2 atom stereocenters. The number of nitrogens with zero attached hydrogens (tertiary/aromatic N) is 2. The monoisotopic (exact) mass is 547 g/mol. The zero-order valence-electron chi connectivity index (χ0n) is 22.7. The average molecular weight is 548 g/mol. The van der Waals surface area contributed by atoms with Crippen LogP contribution < -0.4 is 21.4 Å². The molecule has 0 saturated heterocycles. The van der Waals surface area contributed by atoms with Gasteiger partial charge in [-0.15, -0.1) is 0 Å². The van der Waals surface area contributed by atoms with Crippen molar-refractivity contribution in [1.82, 2.24) is 9.55 Å². The van der Waals surface area contributed by atoms with E-state index >= 15 is 0 Å². The third kappa shape index (κ3) is 6.02. The van der Waals surface area contributed by atoms with Crippen molar-refractivity contribution >= 4 is 36.4 Å². The third-order valence-electron chi connectivity index (χ3n) is 6.46. The predicted octanol–water partition coefficient (Wildman–Crippen LogP) is 3.12. The highest BCUT2D eigenvalue weighted by Gasteiger charge is 2.50. The first-order valence-corrected chi connectivity index (χ1v) is 14.6. The van der Waals surface area contributed by atoms with Crippen molar-refractivity contribution in [3.63, 3.8) is 0 Å². The molecule has 1 N–H and O–H groups in total. The van der Waals surface area contributed by atoms with Crippen molar-refractivity contribution in [1.29, 1.82) is 0 Å². The fourth-order valence-electron chi connectivity index (χ4n) is 4.91. The van der Waals surface area contributed by atoms with E-state index in [0.29, 0.717) is 5.76 Å². The zero-order valence-corrected chi connectivity index (χ0v) is 23.7. The first-order valence-electron chi connectivity index (χ1n) is 12.7. The highest BCUT2D eigenvalue weighted by molar-refractivity contribution is 6.99. The summed E-state index contributed by atoms with van der Waals surface area (Å²) in [5, 5.41) is 4.46. The van der Waals surface area contributed by atoms with Gasteiger partial charge >= 0.3 is 11.7 Å². The van der Waals surface area contributed by atoms with Crippen molar-refractivity contribution < 1.29 is 23.5 Å². The van der Waals surface area contributed by atoms with E-state index in [-0.39, 0.29) is 23.4 Å². The second-order valence-electron chi connectivity index (χ2n) is 10.4. The Morgan fingerprint density at radius 3 is 2.08 bits per heavy atom. The number of amides is 1.